The van der Waals surface area contributed by atoms with Crippen molar-refractivity contribution in [2.24, 2.45) is 5.16 Å². The molecule has 2 heterocycles. The summed E-state index contributed by atoms with van der Waals surface area (Å²) in [6, 6.07) is 8.70. The van der Waals surface area contributed by atoms with Gasteiger partial charge in [0, 0.05) is 34.1 Å². The van der Waals surface area contributed by atoms with Gasteiger partial charge in [-0.15, -0.1) is 0 Å². The van der Waals surface area contributed by atoms with Crippen LogP contribution in [0, 0.1) is 29.1 Å². The van der Waals surface area contributed by atoms with Crippen molar-refractivity contribution in [3.05, 3.63) is 93.8 Å². The first-order chi connectivity index (χ1) is 20.5. The summed E-state index contributed by atoms with van der Waals surface area (Å²) < 4.78 is 106. The van der Waals surface area contributed by atoms with E-state index in [1.165, 1.54) is 0 Å². The van der Waals surface area contributed by atoms with Crippen LogP contribution in [0.25, 0.3) is 21.8 Å². The number of oxime groups is 1. The standard InChI is InChI=1S/C30H21F5N2O5S/c1-3-37-20-10-8-15(28(38)16-7-5-4-6-14(16)2)12-18(20)22-21(37)11-9-17-19(13-41-29(17)22)36-42-43(39,40)30-26(34)24(32)23(31)25(33)27(30)35/h4,6,8-12H,3,5,7,13H2,1-2H3/b36-19+. The van der Waals surface area contributed by atoms with Crippen LogP contribution in [0.5, 0.6) is 5.75 Å². The largest absolute Gasteiger partial charge is 0.486 e. The lowest BCUT2D eigenvalue weighted by molar-refractivity contribution is 0.103. The minimum Gasteiger partial charge on any atom is -0.486 e. The summed E-state index contributed by atoms with van der Waals surface area (Å²) in [5.41, 5.74) is 3.85. The second-order valence-electron chi connectivity index (χ2n) is 10.00. The number of allylic oxidation sites excluding steroid dienone is 4. The van der Waals surface area contributed by atoms with Gasteiger partial charge in [-0.05, 0) is 62.6 Å². The van der Waals surface area contributed by atoms with Crippen LogP contribution in [0.3, 0.4) is 0 Å². The van der Waals surface area contributed by atoms with E-state index in [0.717, 1.165) is 28.6 Å². The Morgan fingerprint density at radius 1 is 1.00 bits per heavy atom. The minimum absolute atomic E-state index is 0.0939. The molecule has 0 saturated carbocycles. The molecule has 6 rings (SSSR count). The van der Waals surface area contributed by atoms with Crippen molar-refractivity contribution < 1.29 is 44.2 Å². The van der Waals surface area contributed by atoms with Crippen molar-refractivity contribution in [3.63, 3.8) is 0 Å². The molecule has 7 nitrogen and oxygen atoms in total. The van der Waals surface area contributed by atoms with Crippen LogP contribution in [-0.2, 0) is 20.9 Å². The summed E-state index contributed by atoms with van der Waals surface area (Å²) in [6.45, 7) is 4.09. The van der Waals surface area contributed by atoms with E-state index in [9.17, 15) is 35.2 Å². The van der Waals surface area contributed by atoms with E-state index in [4.69, 9.17) is 4.74 Å². The van der Waals surface area contributed by atoms with E-state index < -0.39 is 44.1 Å². The summed E-state index contributed by atoms with van der Waals surface area (Å²) in [7, 11) is -5.57. The highest BCUT2D eigenvalue weighted by molar-refractivity contribution is 7.86. The zero-order valence-electron chi connectivity index (χ0n) is 22.6. The van der Waals surface area contributed by atoms with E-state index in [-0.39, 0.29) is 23.7 Å². The number of benzene rings is 3. The van der Waals surface area contributed by atoms with Gasteiger partial charge in [0.2, 0.25) is 5.82 Å². The number of Topliss-reactive ketones (excluding diaryl/α,β-unsaturated/α-hetero) is 1. The third-order valence-corrected chi connectivity index (χ3v) is 8.70. The monoisotopic (exact) mass is 616 g/mol. The molecule has 13 heteroatoms. The average molecular weight is 617 g/mol. The van der Waals surface area contributed by atoms with Gasteiger partial charge >= 0.3 is 10.1 Å². The first kappa shape index (κ1) is 28.6. The number of fused-ring (bicyclic) bond motifs is 5. The second kappa shape index (κ2) is 10.3. The lowest BCUT2D eigenvalue weighted by Gasteiger charge is -2.12. The smallest absolute Gasteiger partial charge is 0.364 e. The molecular weight excluding hydrogens is 595 g/mol. The van der Waals surface area contributed by atoms with Crippen molar-refractivity contribution in [3.8, 4) is 5.75 Å². The van der Waals surface area contributed by atoms with Crippen molar-refractivity contribution in [2.45, 2.75) is 38.1 Å². The Morgan fingerprint density at radius 2 is 1.67 bits per heavy atom. The topological polar surface area (TPSA) is 87.0 Å². The summed E-state index contributed by atoms with van der Waals surface area (Å²) in [5, 5.41) is 4.78. The molecule has 4 aromatic rings. The van der Waals surface area contributed by atoms with Gasteiger partial charge in [-0.1, -0.05) is 17.3 Å². The van der Waals surface area contributed by atoms with Crippen molar-refractivity contribution >= 4 is 43.4 Å². The number of hydrogen-bond acceptors (Lipinski definition) is 6. The molecule has 43 heavy (non-hydrogen) atoms. The second-order valence-corrected chi connectivity index (χ2v) is 11.5. The lowest BCUT2D eigenvalue weighted by atomic mass is 9.91. The number of hydrogen-bond donors (Lipinski definition) is 0. The number of aryl methyl sites for hydroxylation is 1. The first-order valence-corrected chi connectivity index (χ1v) is 14.5. The molecule has 222 valence electrons. The zero-order valence-corrected chi connectivity index (χ0v) is 23.4. The van der Waals surface area contributed by atoms with Gasteiger partial charge in [-0.3, -0.25) is 9.08 Å². The molecular formula is C30H21F5N2O5S. The Bertz CT molecular complexity index is 2070. The normalized spacial score (nSPS) is 15.9. The van der Waals surface area contributed by atoms with Crippen molar-refractivity contribution in [1.82, 2.24) is 4.57 Å². The van der Waals surface area contributed by atoms with Crippen LogP contribution < -0.4 is 4.74 Å². The van der Waals surface area contributed by atoms with E-state index in [1.807, 2.05) is 36.6 Å². The SMILES string of the molecule is CCn1c2ccc(C(=O)C3=C(C)C=CCC3)cc2c2c3c(ccc21)/C(=N/OS(=O)(=O)c1c(F)c(F)c(F)c(F)c1F)CO3. The molecule has 1 aliphatic carbocycles. The number of halogens is 5. The number of ketones is 1. The van der Waals surface area contributed by atoms with Gasteiger partial charge in [0.25, 0.3) is 0 Å². The third-order valence-electron chi connectivity index (χ3n) is 7.57. The van der Waals surface area contributed by atoms with Crippen molar-refractivity contribution in [1.29, 1.82) is 0 Å². The maximum Gasteiger partial charge on any atom is 0.364 e. The van der Waals surface area contributed by atoms with Gasteiger partial charge in [-0.25, -0.2) is 22.0 Å². The summed E-state index contributed by atoms with van der Waals surface area (Å²) in [5.74, 6) is -12.3. The summed E-state index contributed by atoms with van der Waals surface area (Å²) >= 11 is 0. The van der Waals surface area contributed by atoms with Crippen LogP contribution in [-0.4, -0.2) is 31.1 Å². The van der Waals surface area contributed by atoms with E-state index >= 15 is 0 Å². The lowest BCUT2D eigenvalue weighted by Crippen LogP contribution is -2.15. The van der Waals surface area contributed by atoms with Gasteiger partial charge in [0.05, 0.1) is 10.9 Å². The number of aromatic nitrogens is 1. The minimum atomic E-state index is -5.57. The number of ether oxygens (including phenoxy) is 1. The fraction of sp³-hybridized carbons (Fsp3) is 0.200. The number of rotatable bonds is 6. The van der Waals surface area contributed by atoms with Gasteiger partial charge in [-0.2, -0.15) is 8.42 Å². The predicted molar refractivity (Wildman–Crippen MR) is 147 cm³/mol. The Hall–Kier alpha value is -4.52. The molecule has 1 aliphatic heterocycles. The zero-order chi connectivity index (χ0) is 30.8. The van der Waals surface area contributed by atoms with E-state index in [1.54, 1.807) is 24.3 Å². The Balaban J connectivity index is 1.44. The maximum absolute atomic E-state index is 14.1. The third kappa shape index (κ3) is 4.41. The molecule has 0 radical (unpaired) electrons. The van der Waals surface area contributed by atoms with Gasteiger partial charge in [0.1, 0.15) is 18.1 Å². The average Bonchev–Trinajstić information content (AvgIpc) is 3.55. The number of carbonyl (C=O) groups is 1. The molecule has 1 aromatic heterocycles. The molecule has 2 aliphatic rings. The Labute approximate surface area is 241 Å². The maximum atomic E-state index is 14.1. The fourth-order valence-corrected chi connectivity index (χ4v) is 6.38. The van der Waals surface area contributed by atoms with Crippen molar-refractivity contribution in [2.75, 3.05) is 6.61 Å². The van der Waals surface area contributed by atoms with E-state index in [2.05, 4.69) is 9.44 Å². The Morgan fingerprint density at radius 3 is 2.35 bits per heavy atom. The molecule has 0 amide bonds. The first-order valence-electron chi connectivity index (χ1n) is 13.1. The predicted octanol–water partition coefficient (Wildman–Crippen LogP) is 6.86. The number of carbonyl (C=O) groups excluding carboxylic acids is 1. The molecule has 0 N–H and O–H groups in total. The molecule has 0 spiro atoms. The molecule has 0 atom stereocenters. The molecule has 0 fully saturated rings. The highest BCUT2D eigenvalue weighted by Crippen LogP contribution is 2.41. The quantitative estimate of drug-likeness (QED) is 0.0777. The van der Waals surface area contributed by atoms with Crippen LogP contribution in [0.4, 0.5) is 22.0 Å². The van der Waals surface area contributed by atoms with Crippen LogP contribution in [0.2, 0.25) is 0 Å². The fourth-order valence-electron chi connectivity index (χ4n) is 5.50. The molecule has 0 saturated heterocycles. The van der Waals surface area contributed by atoms with Crippen LogP contribution in [0.15, 0.2) is 63.7 Å². The Kier molecular flexibility index (Phi) is 6.87. The highest BCUT2D eigenvalue weighted by Gasteiger charge is 2.36. The highest BCUT2D eigenvalue weighted by atomic mass is 32.2. The molecule has 0 unspecified atom stereocenters. The van der Waals surface area contributed by atoms with Crippen LogP contribution in [0.1, 0.15) is 42.6 Å². The van der Waals surface area contributed by atoms with Gasteiger partial charge < -0.3 is 9.30 Å². The summed E-state index contributed by atoms with van der Waals surface area (Å²) in [4.78, 5) is 11.3. The molecule has 0 bridgehead atoms. The van der Waals surface area contributed by atoms with Crippen LogP contribution >= 0.6 is 0 Å². The number of nitrogens with zero attached hydrogens (tertiary/aromatic N) is 2. The van der Waals surface area contributed by atoms with E-state index in [0.29, 0.717) is 35.1 Å². The molecule has 3 aromatic carbocycles. The van der Waals surface area contributed by atoms with Gasteiger partial charge in [0.15, 0.2) is 33.9 Å². The summed E-state index contributed by atoms with van der Waals surface area (Å²) in [6.07, 6.45) is 5.33.